The molecule has 1 amide bonds. The molecule has 2 heterocycles. The molecule has 0 aliphatic carbocycles. The van der Waals surface area contributed by atoms with Crippen molar-refractivity contribution in [1.82, 2.24) is 15.1 Å². The monoisotopic (exact) mass is 474 g/mol. The van der Waals surface area contributed by atoms with Crippen molar-refractivity contribution in [2.45, 2.75) is 23.2 Å². The maximum absolute atomic E-state index is 13.8. The van der Waals surface area contributed by atoms with Gasteiger partial charge in [-0.1, -0.05) is 35.2 Å². The first kappa shape index (κ1) is 22.3. The fourth-order valence-electron chi connectivity index (χ4n) is 3.69. The van der Waals surface area contributed by atoms with E-state index >= 15 is 0 Å². The Kier molecular flexibility index (Phi) is 7.11. The molecule has 1 N–H and O–H groups in total. The van der Waals surface area contributed by atoms with E-state index in [4.69, 9.17) is 9.47 Å². The molecule has 4 rings (SSSR count). The Hall–Kier alpha value is -2.85. The second-order valence-corrected chi connectivity index (χ2v) is 9.32. The van der Waals surface area contributed by atoms with Crippen molar-refractivity contribution in [3.05, 3.63) is 53.8 Å². The van der Waals surface area contributed by atoms with E-state index in [9.17, 15) is 9.18 Å². The van der Waals surface area contributed by atoms with Crippen molar-refractivity contribution < 1.29 is 18.7 Å². The number of ether oxygens (including phenoxy) is 2. The molecule has 1 saturated heterocycles. The van der Waals surface area contributed by atoms with Crippen molar-refractivity contribution in [2.75, 3.05) is 31.8 Å². The van der Waals surface area contributed by atoms with Crippen LogP contribution in [0.1, 0.15) is 24.4 Å². The maximum atomic E-state index is 13.8. The van der Waals surface area contributed by atoms with Crippen molar-refractivity contribution in [3.8, 4) is 11.5 Å². The summed E-state index contributed by atoms with van der Waals surface area (Å²) in [6.45, 7) is 0.695. The van der Waals surface area contributed by atoms with Crippen LogP contribution in [0.3, 0.4) is 0 Å². The lowest BCUT2D eigenvalue weighted by molar-refractivity contribution is -0.129. The van der Waals surface area contributed by atoms with E-state index in [1.165, 1.54) is 29.2 Å². The fraction of sp³-hybridized carbons (Fsp3) is 0.318. The van der Waals surface area contributed by atoms with Gasteiger partial charge in [0.2, 0.25) is 11.0 Å². The molecule has 1 aliphatic rings. The Labute approximate surface area is 193 Å². The number of likely N-dealkylation sites (tertiary alicyclic amines) is 1. The third-order valence-electron chi connectivity index (χ3n) is 5.21. The summed E-state index contributed by atoms with van der Waals surface area (Å²) in [5.41, 5.74) is 1.29. The summed E-state index contributed by atoms with van der Waals surface area (Å²) in [4.78, 5) is 14.9. The number of halogens is 1. The van der Waals surface area contributed by atoms with Crippen LogP contribution in [-0.2, 0) is 4.79 Å². The standard InChI is InChI=1S/C22H23FN4O3S2/c1-29-14-9-10-19(30-2)15(12-14)18-8-5-11-27(18)20(28)13-31-22-26-25-21(32-22)24-17-7-4-3-6-16(17)23/h3-4,6-7,9-10,12,18H,5,8,11,13H2,1-2H3,(H,24,25). The number of benzene rings is 2. The van der Waals surface area contributed by atoms with Gasteiger partial charge >= 0.3 is 0 Å². The van der Waals surface area contributed by atoms with E-state index in [1.54, 1.807) is 32.4 Å². The van der Waals surface area contributed by atoms with Crippen LogP contribution in [0.4, 0.5) is 15.2 Å². The van der Waals surface area contributed by atoms with Gasteiger partial charge in [-0.3, -0.25) is 4.79 Å². The fourth-order valence-corrected chi connectivity index (χ4v) is 5.34. The topological polar surface area (TPSA) is 76.6 Å². The van der Waals surface area contributed by atoms with Crippen molar-refractivity contribution in [3.63, 3.8) is 0 Å². The van der Waals surface area contributed by atoms with Crippen LogP contribution in [-0.4, -0.2) is 47.5 Å². The zero-order valence-corrected chi connectivity index (χ0v) is 19.3. The summed E-state index contributed by atoms with van der Waals surface area (Å²) in [5.74, 6) is 1.40. The van der Waals surface area contributed by atoms with Crippen molar-refractivity contribution >= 4 is 39.8 Å². The molecule has 2 aromatic carbocycles. The molecule has 10 heteroatoms. The second kappa shape index (κ2) is 10.2. The quantitative estimate of drug-likeness (QED) is 0.466. The molecule has 0 spiro atoms. The van der Waals surface area contributed by atoms with E-state index in [0.29, 0.717) is 21.7 Å². The smallest absolute Gasteiger partial charge is 0.233 e. The number of aromatic nitrogens is 2. The van der Waals surface area contributed by atoms with Gasteiger partial charge in [-0.2, -0.15) is 0 Å². The molecular formula is C22H23FN4O3S2. The third kappa shape index (κ3) is 4.97. The molecule has 1 unspecified atom stereocenters. The summed E-state index contributed by atoms with van der Waals surface area (Å²) in [6, 6.07) is 12.0. The first-order valence-electron chi connectivity index (χ1n) is 10.1. The van der Waals surface area contributed by atoms with Crippen molar-refractivity contribution in [2.24, 2.45) is 0 Å². The predicted octanol–water partition coefficient (Wildman–Crippen LogP) is 4.89. The number of carbonyl (C=O) groups is 1. The number of thioether (sulfide) groups is 1. The minimum Gasteiger partial charge on any atom is -0.497 e. The normalized spacial score (nSPS) is 15.6. The molecule has 1 atom stereocenters. The molecule has 0 bridgehead atoms. The van der Waals surface area contributed by atoms with Gasteiger partial charge in [-0.25, -0.2) is 4.39 Å². The van der Waals surface area contributed by atoms with Crippen LogP contribution in [0.5, 0.6) is 11.5 Å². The average molecular weight is 475 g/mol. The zero-order chi connectivity index (χ0) is 22.5. The highest BCUT2D eigenvalue weighted by molar-refractivity contribution is 8.01. The lowest BCUT2D eigenvalue weighted by Crippen LogP contribution is -2.32. The summed E-state index contributed by atoms with van der Waals surface area (Å²) in [6.07, 6.45) is 1.80. The van der Waals surface area contributed by atoms with Crippen LogP contribution in [0.2, 0.25) is 0 Å². The van der Waals surface area contributed by atoms with Gasteiger partial charge in [0.25, 0.3) is 0 Å². The minimum atomic E-state index is -0.361. The summed E-state index contributed by atoms with van der Waals surface area (Å²) in [5, 5.41) is 11.6. The number of hydrogen-bond acceptors (Lipinski definition) is 8. The Bertz CT molecular complexity index is 1090. The molecule has 1 aliphatic heterocycles. The molecule has 32 heavy (non-hydrogen) atoms. The number of amides is 1. The number of nitrogens with one attached hydrogen (secondary N) is 1. The van der Waals surface area contributed by atoms with E-state index in [2.05, 4.69) is 15.5 Å². The first-order valence-corrected chi connectivity index (χ1v) is 11.9. The Morgan fingerprint density at radius 2 is 2.09 bits per heavy atom. The zero-order valence-electron chi connectivity index (χ0n) is 17.7. The van der Waals surface area contributed by atoms with Gasteiger partial charge in [-0.05, 0) is 43.2 Å². The highest BCUT2D eigenvalue weighted by Gasteiger charge is 2.32. The largest absolute Gasteiger partial charge is 0.497 e. The Morgan fingerprint density at radius 3 is 2.88 bits per heavy atom. The van der Waals surface area contributed by atoms with E-state index in [0.717, 1.165) is 29.9 Å². The number of methoxy groups -OCH3 is 2. The van der Waals surface area contributed by atoms with Gasteiger partial charge in [0.05, 0.1) is 31.7 Å². The molecular weight excluding hydrogens is 451 g/mol. The summed E-state index contributed by atoms with van der Waals surface area (Å²) >= 11 is 2.61. The van der Waals surface area contributed by atoms with E-state index < -0.39 is 0 Å². The van der Waals surface area contributed by atoms with Crippen LogP contribution in [0, 0.1) is 5.82 Å². The number of carbonyl (C=O) groups excluding carboxylic acids is 1. The number of rotatable bonds is 8. The van der Waals surface area contributed by atoms with Crippen molar-refractivity contribution in [1.29, 1.82) is 0 Å². The van der Waals surface area contributed by atoms with E-state index in [-0.39, 0.29) is 23.5 Å². The molecule has 1 fully saturated rings. The van der Waals surface area contributed by atoms with Crippen LogP contribution in [0.25, 0.3) is 0 Å². The van der Waals surface area contributed by atoms with Gasteiger partial charge in [0.15, 0.2) is 4.34 Å². The van der Waals surface area contributed by atoms with E-state index in [1.807, 2.05) is 23.1 Å². The lowest BCUT2D eigenvalue weighted by Gasteiger charge is -2.26. The van der Waals surface area contributed by atoms with Gasteiger partial charge < -0.3 is 19.7 Å². The van der Waals surface area contributed by atoms with Crippen LogP contribution < -0.4 is 14.8 Å². The lowest BCUT2D eigenvalue weighted by atomic mass is 10.0. The predicted molar refractivity (Wildman–Crippen MR) is 124 cm³/mol. The molecule has 7 nitrogen and oxygen atoms in total. The van der Waals surface area contributed by atoms with Gasteiger partial charge in [0, 0.05) is 12.1 Å². The third-order valence-corrected chi connectivity index (χ3v) is 7.17. The van der Waals surface area contributed by atoms with Gasteiger partial charge in [0.1, 0.15) is 17.3 Å². The number of hydrogen-bond donors (Lipinski definition) is 1. The number of anilines is 2. The highest BCUT2D eigenvalue weighted by Crippen LogP contribution is 2.39. The molecule has 3 aromatic rings. The van der Waals surface area contributed by atoms with Crippen LogP contribution in [0.15, 0.2) is 46.8 Å². The maximum Gasteiger partial charge on any atom is 0.233 e. The summed E-state index contributed by atoms with van der Waals surface area (Å²) < 4.78 is 25.3. The number of para-hydroxylation sites is 1. The Balaban J connectivity index is 1.40. The van der Waals surface area contributed by atoms with Crippen LogP contribution >= 0.6 is 23.1 Å². The minimum absolute atomic E-state index is 0.0289. The molecule has 1 aromatic heterocycles. The average Bonchev–Trinajstić information content (AvgIpc) is 3.48. The Morgan fingerprint density at radius 1 is 1.25 bits per heavy atom. The first-order chi connectivity index (χ1) is 15.6. The molecule has 0 saturated carbocycles. The van der Waals surface area contributed by atoms with Gasteiger partial charge in [-0.15, -0.1) is 10.2 Å². The SMILES string of the molecule is COc1ccc(OC)c(C2CCCN2C(=O)CSc2nnc(Nc3ccccc3F)s2)c1. The second-order valence-electron chi connectivity index (χ2n) is 7.12. The summed E-state index contributed by atoms with van der Waals surface area (Å²) in [7, 11) is 3.25. The highest BCUT2D eigenvalue weighted by atomic mass is 32.2. The molecule has 168 valence electrons. The number of nitrogens with zero attached hydrogens (tertiary/aromatic N) is 3. The molecule has 0 radical (unpaired) electrons.